The number of nitrogens with zero attached hydrogens (tertiary/aromatic N) is 1. The van der Waals surface area contributed by atoms with Crippen molar-refractivity contribution < 1.29 is 27.5 Å². The van der Waals surface area contributed by atoms with E-state index in [1.54, 1.807) is 12.1 Å². The van der Waals surface area contributed by atoms with Crippen molar-refractivity contribution in [2.24, 2.45) is 0 Å². The number of carbonyl (C=O) groups is 2. The molecule has 1 heterocycles. The maximum Gasteiger partial charge on any atom is 0.417 e. The average Bonchev–Trinajstić information content (AvgIpc) is 2.59. The lowest BCUT2D eigenvalue weighted by Crippen LogP contribution is -2.31. The fourth-order valence-electron chi connectivity index (χ4n) is 1.80. The van der Waals surface area contributed by atoms with Gasteiger partial charge >= 0.3 is 6.18 Å². The normalized spacial score (nSPS) is 11.1. The van der Waals surface area contributed by atoms with Gasteiger partial charge in [0.25, 0.3) is 5.91 Å². The number of methoxy groups -OCH3 is 1. The van der Waals surface area contributed by atoms with E-state index in [1.807, 2.05) is 0 Å². The molecule has 1 aromatic carbocycles. The summed E-state index contributed by atoms with van der Waals surface area (Å²) in [6, 6.07) is 6.85. The zero-order valence-corrected chi connectivity index (χ0v) is 14.8. The molecule has 0 bridgehead atoms. The van der Waals surface area contributed by atoms with E-state index in [4.69, 9.17) is 16.3 Å². The van der Waals surface area contributed by atoms with E-state index in [2.05, 4.69) is 10.3 Å². The van der Waals surface area contributed by atoms with E-state index in [9.17, 15) is 22.8 Å². The van der Waals surface area contributed by atoms with Crippen LogP contribution in [0.4, 0.5) is 13.2 Å². The van der Waals surface area contributed by atoms with Gasteiger partial charge in [-0.3, -0.25) is 14.9 Å². The summed E-state index contributed by atoms with van der Waals surface area (Å²) in [5.74, 6) is -0.912. The zero-order chi connectivity index (χ0) is 19.3. The van der Waals surface area contributed by atoms with Crippen LogP contribution >= 0.6 is 23.4 Å². The first-order valence-electron chi connectivity index (χ1n) is 7.04. The van der Waals surface area contributed by atoms with Gasteiger partial charge in [0.1, 0.15) is 10.8 Å². The molecular formula is C16H12ClF3N2O3S. The standard InChI is InChI=1S/C16H12ClF3N2O3S/c1-25-11-4-2-9(3-5-11)14(24)22-13(23)8-26-15-12(17)6-10(7-21-15)16(18,19)20/h2-7H,8H2,1H3,(H,22,23,24). The van der Waals surface area contributed by atoms with E-state index >= 15 is 0 Å². The number of imide groups is 1. The van der Waals surface area contributed by atoms with Gasteiger partial charge in [0.15, 0.2) is 0 Å². The van der Waals surface area contributed by atoms with Crippen molar-refractivity contribution >= 4 is 35.2 Å². The van der Waals surface area contributed by atoms with Crippen LogP contribution in [0, 0.1) is 0 Å². The van der Waals surface area contributed by atoms with Gasteiger partial charge < -0.3 is 4.74 Å². The van der Waals surface area contributed by atoms with Gasteiger partial charge in [-0.15, -0.1) is 0 Å². The summed E-state index contributed by atoms with van der Waals surface area (Å²) in [5.41, 5.74) is -0.721. The van der Waals surface area contributed by atoms with Crippen LogP contribution in [-0.4, -0.2) is 29.7 Å². The van der Waals surface area contributed by atoms with Gasteiger partial charge in [0, 0.05) is 11.8 Å². The number of pyridine rings is 1. The summed E-state index contributed by atoms with van der Waals surface area (Å²) < 4.78 is 42.6. The summed E-state index contributed by atoms with van der Waals surface area (Å²) in [5, 5.41) is 2.01. The molecule has 0 aliphatic heterocycles. The quantitative estimate of drug-likeness (QED) is 0.767. The molecule has 26 heavy (non-hydrogen) atoms. The van der Waals surface area contributed by atoms with Gasteiger partial charge in [-0.05, 0) is 30.3 Å². The smallest absolute Gasteiger partial charge is 0.417 e. The number of thioether (sulfide) groups is 1. The monoisotopic (exact) mass is 404 g/mol. The van der Waals surface area contributed by atoms with Crippen LogP contribution in [-0.2, 0) is 11.0 Å². The minimum atomic E-state index is -4.55. The first-order valence-corrected chi connectivity index (χ1v) is 8.41. The van der Waals surface area contributed by atoms with Gasteiger partial charge in [-0.25, -0.2) is 4.98 Å². The molecule has 2 amide bonds. The minimum absolute atomic E-state index is 0.0618. The number of rotatable bonds is 5. The van der Waals surface area contributed by atoms with Crippen LogP contribution in [0.3, 0.4) is 0 Å². The first kappa shape index (κ1) is 20.1. The Morgan fingerprint density at radius 3 is 2.46 bits per heavy atom. The third kappa shape index (κ3) is 5.37. The average molecular weight is 405 g/mol. The van der Waals surface area contributed by atoms with Gasteiger partial charge in [-0.1, -0.05) is 23.4 Å². The molecule has 0 saturated heterocycles. The lowest BCUT2D eigenvalue weighted by molar-refractivity contribution is -0.137. The molecule has 2 rings (SSSR count). The highest BCUT2D eigenvalue weighted by Gasteiger charge is 2.31. The highest BCUT2D eigenvalue weighted by molar-refractivity contribution is 8.00. The van der Waals surface area contributed by atoms with Crippen molar-refractivity contribution in [1.29, 1.82) is 0 Å². The summed E-state index contributed by atoms with van der Waals surface area (Å²) in [6.45, 7) is 0. The molecule has 0 aliphatic rings. The number of aromatic nitrogens is 1. The van der Waals surface area contributed by atoms with Gasteiger partial charge in [-0.2, -0.15) is 13.2 Å². The third-order valence-electron chi connectivity index (χ3n) is 3.08. The summed E-state index contributed by atoms with van der Waals surface area (Å²) >= 11 is 6.58. The van der Waals surface area contributed by atoms with E-state index in [1.165, 1.54) is 19.2 Å². The Hall–Kier alpha value is -2.26. The molecule has 5 nitrogen and oxygen atoms in total. The number of alkyl halides is 3. The van der Waals surface area contributed by atoms with Crippen LogP contribution < -0.4 is 10.1 Å². The number of amides is 2. The molecule has 0 spiro atoms. The number of hydrogen-bond donors (Lipinski definition) is 1. The van der Waals surface area contributed by atoms with Crippen LogP contribution in [0.5, 0.6) is 5.75 Å². The minimum Gasteiger partial charge on any atom is -0.497 e. The van der Waals surface area contributed by atoms with Crippen LogP contribution in [0.25, 0.3) is 0 Å². The number of ether oxygens (including phenoxy) is 1. The zero-order valence-electron chi connectivity index (χ0n) is 13.3. The summed E-state index contributed by atoms with van der Waals surface area (Å²) in [6.07, 6.45) is -3.92. The van der Waals surface area contributed by atoms with Crippen molar-refractivity contribution in [3.05, 3.63) is 52.7 Å². The SMILES string of the molecule is COc1ccc(C(=O)NC(=O)CSc2ncc(C(F)(F)F)cc2Cl)cc1. The highest BCUT2D eigenvalue weighted by atomic mass is 35.5. The molecule has 2 aromatic rings. The summed E-state index contributed by atoms with van der Waals surface area (Å²) in [4.78, 5) is 27.4. The number of benzene rings is 1. The van der Waals surface area contributed by atoms with Gasteiger partial charge in [0.2, 0.25) is 5.91 Å². The van der Waals surface area contributed by atoms with Crippen molar-refractivity contribution in [1.82, 2.24) is 10.3 Å². The van der Waals surface area contributed by atoms with E-state index in [0.717, 1.165) is 17.8 Å². The molecule has 0 aliphatic carbocycles. The second kappa shape index (κ2) is 8.41. The third-order valence-corrected chi connectivity index (χ3v) is 4.49. The van der Waals surface area contributed by atoms with E-state index < -0.39 is 23.6 Å². The second-order valence-corrected chi connectivity index (χ2v) is 6.27. The number of carbonyl (C=O) groups excluding carboxylic acids is 2. The maximum absolute atomic E-state index is 12.6. The molecule has 1 aromatic heterocycles. The van der Waals surface area contributed by atoms with E-state index in [-0.39, 0.29) is 21.4 Å². The molecule has 1 N–H and O–H groups in total. The van der Waals surface area contributed by atoms with E-state index in [0.29, 0.717) is 11.9 Å². The fraction of sp³-hybridized carbons (Fsp3) is 0.188. The van der Waals surface area contributed by atoms with Crippen molar-refractivity contribution in [2.75, 3.05) is 12.9 Å². The Morgan fingerprint density at radius 2 is 1.92 bits per heavy atom. The largest absolute Gasteiger partial charge is 0.497 e. The Kier molecular flexibility index (Phi) is 6.49. The lowest BCUT2D eigenvalue weighted by Gasteiger charge is -2.09. The molecular weight excluding hydrogens is 393 g/mol. The number of nitrogens with one attached hydrogen (secondary N) is 1. The highest BCUT2D eigenvalue weighted by Crippen LogP contribution is 2.33. The molecule has 138 valence electrons. The molecule has 0 fully saturated rings. The molecule has 0 unspecified atom stereocenters. The first-order chi connectivity index (χ1) is 12.2. The van der Waals surface area contributed by atoms with Gasteiger partial charge in [0.05, 0.1) is 23.4 Å². The van der Waals surface area contributed by atoms with Crippen molar-refractivity contribution in [3.63, 3.8) is 0 Å². The molecule has 10 heteroatoms. The van der Waals surface area contributed by atoms with Crippen LogP contribution in [0.2, 0.25) is 5.02 Å². The molecule has 0 radical (unpaired) electrons. The number of hydrogen-bond acceptors (Lipinski definition) is 5. The Balaban J connectivity index is 1.93. The summed E-state index contributed by atoms with van der Waals surface area (Å²) in [7, 11) is 1.48. The van der Waals surface area contributed by atoms with Crippen LogP contribution in [0.1, 0.15) is 15.9 Å². The predicted octanol–water partition coefficient (Wildman–Crippen LogP) is 3.81. The predicted molar refractivity (Wildman–Crippen MR) is 90.4 cm³/mol. The topological polar surface area (TPSA) is 68.3 Å². The maximum atomic E-state index is 12.6. The van der Waals surface area contributed by atoms with Crippen molar-refractivity contribution in [2.45, 2.75) is 11.2 Å². The lowest BCUT2D eigenvalue weighted by atomic mass is 10.2. The molecule has 0 atom stereocenters. The number of halogens is 4. The van der Waals surface area contributed by atoms with Crippen molar-refractivity contribution in [3.8, 4) is 5.75 Å². The molecule has 0 saturated carbocycles. The Labute approximate surface area is 155 Å². The fourth-order valence-corrected chi connectivity index (χ4v) is 2.79. The Morgan fingerprint density at radius 1 is 1.27 bits per heavy atom. The van der Waals surface area contributed by atoms with Crippen LogP contribution in [0.15, 0.2) is 41.6 Å². The second-order valence-electron chi connectivity index (χ2n) is 4.90. The Bertz CT molecular complexity index is 813.